The molecule has 0 aliphatic rings. The van der Waals surface area contributed by atoms with E-state index in [-0.39, 0.29) is 10.6 Å². The molecule has 0 atom stereocenters. The van der Waals surface area contributed by atoms with Crippen molar-refractivity contribution in [3.05, 3.63) is 59.7 Å². The fourth-order valence-electron chi connectivity index (χ4n) is 2.00. The van der Waals surface area contributed by atoms with Gasteiger partial charge in [-0.3, -0.25) is 0 Å². The lowest BCUT2D eigenvalue weighted by atomic mass is 10.2. The van der Waals surface area contributed by atoms with Crippen molar-refractivity contribution in [2.75, 3.05) is 12.8 Å². The number of nitrogens with two attached hydrogens (primary N) is 1. The fourth-order valence-corrected chi connectivity index (χ4v) is 3.25. The molecule has 2 aromatic rings. The molecule has 0 saturated carbocycles. The fraction of sp³-hybridized carbons (Fsp3) is 0.200. The smallest absolute Gasteiger partial charge is 0.245 e. The van der Waals surface area contributed by atoms with Crippen molar-refractivity contribution < 1.29 is 8.42 Å². The first-order valence-corrected chi connectivity index (χ1v) is 7.71. The van der Waals surface area contributed by atoms with E-state index < -0.39 is 10.0 Å². The third kappa shape index (κ3) is 3.00. The number of nitrogen functional groups attached to an aromatic ring is 1. The van der Waals surface area contributed by atoms with Crippen molar-refractivity contribution in [3.63, 3.8) is 0 Å². The Bertz CT molecular complexity index is 697. The second kappa shape index (κ2) is 5.64. The van der Waals surface area contributed by atoms with Gasteiger partial charge < -0.3 is 5.73 Å². The van der Waals surface area contributed by atoms with E-state index in [2.05, 4.69) is 0 Å². The molecule has 2 rings (SSSR count). The van der Waals surface area contributed by atoms with Gasteiger partial charge >= 0.3 is 0 Å². The zero-order chi connectivity index (χ0) is 14.8. The summed E-state index contributed by atoms with van der Waals surface area (Å²) in [6.07, 6.45) is 0. The molecule has 0 aliphatic heterocycles. The maximum Gasteiger partial charge on any atom is 0.245 e. The Morgan fingerprint density at radius 3 is 2.35 bits per heavy atom. The van der Waals surface area contributed by atoms with Crippen LogP contribution in [0.15, 0.2) is 53.4 Å². The Labute approximate surface area is 119 Å². The highest BCUT2D eigenvalue weighted by atomic mass is 32.2. The van der Waals surface area contributed by atoms with E-state index in [1.165, 1.54) is 4.31 Å². The quantitative estimate of drug-likeness (QED) is 0.879. The molecule has 0 heterocycles. The minimum Gasteiger partial charge on any atom is -0.398 e. The predicted molar refractivity (Wildman–Crippen MR) is 80.7 cm³/mol. The maximum atomic E-state index is 12.5. The van der Waals surface area contributed by atoms with E-state index in [1.807, 2.05) is 37.3 Å². The standard InChI is InChI=1S/C15H18N2O2S/c1-12-8-9-15(14(16)10-12)20(18,19)17(2)11-13-6-4-3-5-7-13/h3-10H,11,16H2,1-2H3. The summed E-state index contributed by atoms with van der Waals surface area (Å²) in [6.45, 7) is 2.19. The van der Waals surface area contributed by atoms with Gasteiger partial charge in [0, 0.05) is 13.6 Å². The van der Waals surface area contributed by atoms with Crippen LogP contribution in [-0.2, 0) is 16.6 Å². The van der Waals surface area contributed by atoms with Crippen LogP contribution < -0.4 is 5.73 Å². The summed E-state index contributed by atoms with van der Waals surface area (Å²) in [5.41, 5.74) is 7.99. The molecule has 0 bridgehead atoms. The number of benzene rings is 2. The van der Waals surface area contributed by atoms with Crippen molar-refractivity contribution in [1.82, 2.24) is 4.31 Å². The predicted octanol–water partition coefficient (Wildman–Crippen LogP) is 2.40. The van der Waals surface area contributed by atoms with Crippen LogP contribution in [0.2, 0.25) is 0 Å². The Kier molecular flexibility index (Phi) is 4.11. The zero-order valence-electron chi connectivity index (χ0n) is 11.6. The average molecular weight is 290 g/mol. The van der Waals surface area contributed by atoms with Gasteiger partial charge in [0.05, 0.1) is 5.69 Å². The Morgan fingerprint density at radius 2 is 1.75 bits per heavy atom. The second-order valence-corrected chi connectivity index (χ2v) is 6.80. The molecule has 106 valence electrons. The van der Waals surface area contributed by atoms with E-state index in [0.717, 1.165) is 11.1 Å². The minimum atomic E-state index is -3.58. The van der Waals surface area contributed by atoms with Crippen molar-refractivity contribution >= 4 is 15.7 Å². The topological polar surface area (TPSA) is 63.4 Å². The molecule has 0 aliphatic carbocycles. The molecule has 0 aromatic heterocycles. The molecule has 0 saturated heterocycles. The summed E-state index contributed by atoms with van der Waals surface area (Å²) in [5.74, 6) is 0. The number of rotatable bonds is 4. The lowest BCUT2D eigenvalue weighted by molar-refractivity contribution is 0.467. The van der Waals surface area contributed by atoms with E-state index >= 15 is 0 Å². The second-order valence-electron chi connectivity index (χ2n) is 4.79. The first-order valence-electron chi connectivity index (χ1n) is 6.27. The highest BCUT2D eigenvalue weighted by Gasteiger charge is 2.23. The van der Waals surface area contributed by atoms with Gasteiger partial charge in [0.2, 0.25) is 10.0 Å². The van der Waals surface area contributed by atoms with Gasteiger partial charge in [-0.1, -0.05) is 36.4 Å². The summed E-state index contributed by atoms with van der Waals surface area (Å²) in [6, 6.07) is 14.4. The highest BCUT2D eigenvalue weighted by molar-refractivity contribution is 7.89. The molecular weight excluding hydrogens is 272 g/mol. The van der Waals surface area contributed by atoms with E-state index in [9.17, 15) is 8.42 Å². The van der Waals surface area contributed by atoms with Crippen molar-refractivity contribution in [3.8, 4) is 0 Å². The van der Waals surface area contributed by atoms with Crippen molar-refractivity contribution in [1.29, 1.82) is 0 Å². The number of sulfonamides is 1. The number of hydrogen-bond donors (Lipinski definition) is 1. The van der Waals surface area contributed by atoms with Crippen LogP contribution in [0.3, 0.4) is 0 Å². The number of nitrogens with zero attached hydrogens (tertiary/aromatic N) is 1. The molecule has 5 heteroatoms. The molecule has 4 nitrogen and oxygen atoms in total. The lowest BCUT2D eigenvalue weighted by Gasteiger charge is -2.18. The monoisotopic (exact) mass is 290 g/mol. The van der Waals surface area contributed by atoms with Gasteiger partial charge in [0.1, 0.15) is 4.90 Å². The highest BCUT2D eigenvalue weighted by Crippen LogP contribution is 2.23. The summed E-state index contributed by atoms with van der Waals surface area (Å²) >= 11 is 0. The summed E-state index contributed by atoms with van der Waals surface area (Å²) < 4.78 is 26.3. The molecule has 0 spiro atoms. The van der Waals surface area contributed by atoms with Crippen molar-refractivity contribution in [2.24, 2.45) is 0 Å². The maximum absolute atomic E-state index is 12.5. The largest absolute Gasteiger partial charge is 0.398 e. The van der Waals surface area contributed by atoms with Crippen LogP contribution in [0, 0.1) is 6.92 Å². The molecule has 20 heavy (non-hydrogen) atoms. The summed E-state index contributed by atoms with van der Waals surface area (Å²) in [4.78, 5) is 0.154. The third-order valence-electron chi connectivity index (χ3n) is 3.10. The molecule has 0 radical (unpaired) electrons. The molecule has 0 unspecified atom stereocenters. The van der Waals surface area contributed by atoms with Gasteiger partial charge in [-0.2, -0.15) is 4.31 Å². The van der Waals surface area contributed by atoms with Gasteiger partial charge in [0.15, 0.2) is 0 Å². The van der Waals surface area contributed by atoms with Gasteiger partial charge in [-0.25, -0.2) is 8.42 Å². The van der Waals surface area contributed by atoms with Crippen LogP contribution in [0.1, 0.15) is 11.1 Å². The van der Waals surface area contributed by atoms with Crippen LogP contribution >= 0.6 is 0 Å². The lowest BCUT2D eigenvalue weighted by Crippen LogP contribution is -2.27. The van der Waals surface area contributed by atoms with E-state index in [1.54, 1.807) is 25.2 Å². The van der Waals surface area contributed by atoms with Gasteiger partial charge in [-0.15, -0.1) is 0 Å². The molecule has 0 amide bonds. The molecular formula is C15H18N2O2S. The normalized spacial score (nSPS) is 11.8. The van der Waals surface area contributed by atoms with Gasteiger partial charge in [0.25, 0.3) is 0 Å². The Hall–Kier alpha value is -1.85. The third-order valence-corrected chi connectivity index (χ3v) is 4.98. The number of anilines is 1. The first-order chi connectivity index (χ1) is 9.41. The van der Waals surface area contributed by atoms with Crippen LogP contribution in [0.4, 0.5) is 5.69 Å². The number of hydrogen-bond acceptors (Lipinski definition) is 3. The molecule has 2 N–H and O–H groups in total. The number of aryl methyl sites for hydroxylation is 1. The van der Waals surface area contributed by atoms with Crippen LogP contribution in [0.5, 0.6) is 0 Å². The summed E-state index contributed by atoms with van der Waals surface area (Å²) in [7, 11) is -2.02. The molecule has 2 aromatic carbocycles. The van der Waals surface area contributed by atoms with Crippen LogP contribution in [0.25, 0.3) is 0 Å². The summed E-state index contributed by atoms with van der Waals surface area (Å²) in [5, 5.41) is 0. The first kappa shape index (κ1) is 14.6. The SMILES string of the molecule is Cc1ccc(S(=O)(=O)N(C)Cc2ccccc2)c(N)c1. The molecule has 0 fully saturated rings. The zero-order valence-corrected chi connectivity index (χ0v) is 12.4. The Balaban J connectivity index is 2.30. The average Bonchev–Trinajstić information content (AvgIpc) is 2.39. The van der Waals surface area contributed by atoms with Crippen molar-refractivity contribution in [2.45, 2.75) is 18.4 Å². The van der Waals surface area contributed by atoms with E-state index in [4.69, 9.17) is 5.73 Å². The minimum absolute atomic E-state index is 0.154. The van der Waals surface area contributed by atoms with Crippen LogP contribution in [-0.4, -0.2) is 19.8 Å². The Morgan fingerprint density at radius 1 is 1.10 bits per heavy atom. The van der Waals surface area contributed by atoms with Gasteiger partial charge in [-0.05, 0) is 30.2 Å². The van der Waals surface area contributed by atoms with E-state index in [0.29, 0.717) is 6.54 Å².